The molecule has 258 valence electrons. The highest BCUT2D eigenvalue weighted by Gasteiger charge is 2.26. The molecule has 4 N–H and O–H groups in total. The number of hydrogen-bond donors (Lipinski definition) is 4. The van der Waals surface area contributed by atoms with Gasteiger partial charge in [-0.2, -0.15) is 0 Å². The number of carbonyl (C=O) groups excluding carboxylic acids is 1. The molecule has 4 aromatic rings. The number of benzene rings is 2. The van der Waals surface area contributed by atoms with Crippen LogP contribution in [0.4, 0.5) is 11.4 Å². The van der Waals surface area contributed by atoms with Crippen LogP contribution in [0.3, 0.4) is 0 Å². The summed E-state index contributed by atoms with van der Waals surface area (Å²) >= 11 is 10.8. The number of anilines is 2. The Morgan fingerprint density at radius 2 is 1.35 bits per heavy atom. The molecule has 49 heavy (non-hydrogen) atoms. The molecule has 2 fully saturated rings. The topological polar surface area (TPSA) is 116 Å². The number of nitrogens with one attached hydrogen (secondary N) is 4. The van der Waals surface area contributed by atoms with Crippen LogP contribution in [0.2, 0.25) is 0 Å². The van der Waals surface area contributed by atoms with Gasteiger partial charge < -0.3 is 30.1 Å². The molecule has 2 aromatic carbocycles. The largest absolute Gasteiger partial charge is 0.466 e. The van der Waals surface area contributed by atoms with Crippen molar-refractivity contribution in [3.63, 3.8) is 0 Å². The van der Waals surface area contributed by atoms with Crippen LogP contribution in [0.1, 0.15) is 62.8 Å². The van der Waals surface area contributed by atoms with Crippen LogP contribution in [-0.2, 0) is 14.3 Å². The predicted octanol–water partition coefficient (Wildman–Crippen LogP) is 8.87. The molecular formula is C36H40Br2N6O3S2. The molecule has 0 radical (unpaired) electrons. The lowest BCUT2D eigenvalue weighted by atomic mass is 10.1. The maximum absolute atomic E-state index is 12.8. The van der Waals surface area contributed by atoms with E-state index in [0.29, 0.717) is 31.5 Å². The first-order valence-electron chi connectivity index (χ1n) is 17.3. The molecule has 2 atom stereocenters. The summed E-state index contributed by atoms with van der Waals surface area (Å²) in [4.78, 5) is 30.0. The molecule has 8 rings (SSSR count). The average molecular weight is 829 g/mol. The summed E-state index contributed by atoms with van der Waals surface area (Å²) < 4.78 is 13.3. The van der Waals surface area contributed by atoms with Crippen molar-refractivity contribution in [2.24, 2.45) is 9.98 Å². The number of aliphatic imine (C=N–C) groups is 2. The fraction of sp³-hybridized carbons (Fsp3) is 0.472. The second-order valence-electron chi connectivity index (χ2n) is 13.4. The van der Waals surface area contributed by atoms with E-state index < -0.39 is 0 Å². The van der Waals surface area contributed by atoms with E-state index >= 15 is 0 Å². The van der Waals surface area contributed by atoms with E-state index in [1.54, 1.807) is 23.5 Å². The Kier molecular flexibility index (Phi) is 10.3. The highest BCUT2D eigenvalue weighted by Crippen LogP contribution is 2.35. The van der Waals surface area contributed by atoms with Crippen molar-refractivity contribution in [2.75, 3.05) is 42.0 Å². The summed E-state index contributed by atoms with van der Waals surface area (Å²) in [5, 5.41) is 11.7. The number of ether oxygens (including phenoxy) is 2. The molecule has 1 aliphatic carbocycles. The maximum atomic E-state index is 12.8. The number of nitrogens with zero attached hydrogens (tertiary/aromatic N) is 2. The molecule has 2 unspecified atom stereocenters. The van der Waals surface area contributed by atoms with Crippen LogP contribution >= 0.6 is 55.4 Å². The van der Waals surface area contributed by atoms with Gasteiger partial charge in [-0.25, -0.2) is 0 Å². The van der Waals surface area contributed by atoms with E-state index in [0.717, 1.165) is 101 Å². The third-order valence-corrected chi connectivity index (χ3v) is 12.9. The summed E-state index contributed by atoms with van der Waals surface area (Å²) in [5.41, 5.74) is 6.47. The molecular weight excluding hydrogens is 788 g/mol. The molecule has 1 saturated carbocycles. The summed E-state index contributed by atoms with van der Waals surface area (Å²) in [5.74, 6) is 1.46. The molecule has 4 aliphatic rings. The van der Waals surface area contributed by atoms with Gasteiger partial charge in [0.15, 0.2) is 0 Å². The normalized spacial score (nSPS) is 21.8. The Hall–Kier alpha value is -2.45. The second kappa shape index (κ2) is 15.0. The molecule has 13 heteroatoms. The van der Waals surface area contributed by atoms with Gasteiger partial charge in [-0.15, -0.1) is 23.5 Å². The number of esters is 1. The van der Waals surface area contributed by atoms with Gasteiger partial charge in [0.25, 0.3) is 0 Å². The summed E-state index contributed by atoms with van der Waals surface area (Å²) in [7, 11) is 0. The number of aromatic amines is 2. The number of halogens is 2. The Bertz CT molecular complexity index is 1910. The third-order valence-electron chi connectivity index (χ3n) is 9.68. The van der Waals surface area contributed by atoms with Gasteiger partial charge in [-0.05, 0) is 62.1 Å². The first-order valence-corrected chi connectivity index (χ1v) is 20.8. The molecule has 0 bridgehead atoms. The number of fused-ring (bicyclic) bond motifs is 2. The minimum Gasteiger partial charge on any atom is -0.466 e. The van der Waals surface area contributed by atoms with Crippen LogP contribution in [0.5, 0.6) is 0 Å². The first kappa shape index (κ1) is 33.7. The van der Waals surface area contributed by atoms with Crippen LogP contribution in [-0.4, -0.2) is 81.5 Å². The van der Waals surface area contributed by atoms with E-state index in [-0.39, 0.29) is 18.1 Å². The van der Waals surface area contributed by atoms with Crippen molar-refractivity contribution in [3.8, 4) is 0 Å². The molecule has 9 nitrogen and oxygen atoms in total. The highest BCUT2D eigenvalue weighted by molar-refractivity contribution is 9.10. The zero-order valence-electron chi connectivity index (χ0n) is 27.2. The SMILES string of the molecule is O=C(CC1CSC(c2cc3cc(Br)cc(NC4CCCC4)c3[nH]2)=N1)OCCC1CSC(c2cc3cc(Br)cc(NC4CCOCC4)c3[nH]2)=N1. The fourth-order valence-electron chi connectivity index (χ4n) is 7.16. The number of carbonyl (C=O) groups is 1. The van der Waals surface area contributed by atoms with Crippen LogP contribution in [0.25, 0.3) is 21.8 Å². The van der Waals surface area contributed by atoms with E-state index in [2.05, 4.69) is 88.9 Å². The van der Waals surface area contributed by atoms with Gasteiger partial charge in [0.1, 0.15) is 10.1 Å². The van der Waals surface area contributed by atoms with Crippen molar-refractivity contribution < 1.29 is 14.3 Å². The standard InChI is InChI=1S/C36H40Br2N6O3S2/c37-22-12-21-14-31(44-33(21)28(15-22)39-24-3-1-2-4-24)36-42-27(19-49-36)17-32(45)47-10-7-26-18-48-35(41-26)30-13-20-11-23(38)16-29(34(20)43-30)40-25-5-8-46-9-6-25/h11-16,24-27,39-40,43-44H,1-10,17-19H2. The minimum atomic E-state index is -0.195. The van der Waals surface area contributed by atoms with Crippen molar-refractivity contribution in [1.29, 1.82) is 0 Å². The zero-order valence-corrected chi connectivity index (χ0v) is 32.0. The highest BCUT2D eigenvalue weighted by atomic mass is 79.9. The lowest BCUT2D eigenvalue weighted by Crippen LogP contribution is -2.27. The van der Waals surface area contributed by atoms with E-state index in [4.69, 9.17) is 19.5 Å². The van der Waals surface area contributed by atoms with E-state index in [9.17, 15) is 4.79 Å². The number of aromatic nitrogens is 2. The number of rotatable bonds is 11. The van der Waals surface area contributed by atoms with Crippen LogP contribution in [0.15, 0.2) is 55.3 Å². The zero-order chi connectivity index (χ0) is 33.3. The van der Waals surface area contributed by atoms with Crippen LogP contribution in [0, 0.1) is 0 Å². The third kappa shape index (κ3) is 7.90. The van der Waals surface area contributed by atoms with Crippen molar-refractivity contribution in [2.45, 2.75) is 75.5 Å². The van der Waals surface area contributed by atoms with Gasteiger partial charge in [0, 0.05) is 62.9 Å². The monoisotopic (exact) mass is 826 g/mol. The Morgan fingerprint density at radius 1 is 0.796 bits per heavy atom. The Morgan fingerprint density at radius 3 is 1.96 bits per heavy atom. The van der Waals surface area contributed by atoms with Gasteiger partial charge >= 0.3 is 5.97 Å². The molecule has 0 amide bonds. The van der Waals surface area contributed by atoms with E-state index in [1.807, 2.05) is 0 Å². The lowest BCUT2D eigenvalue weighted by Gasteiger charge is -2.24. The first-order chi connectivity index (χ1) is 23.9. The lowest BCUT2D eigenvalue weighted by molar-refractivity contribution is -0.144. The quantitative estimate of drug-likeness (QED) is 0.112. The van der Waals surface area contributed by atoms with Crippen molar-refractivity contribution >= 4 is 105 Å². The average Bonchev–Trinajstić information content (AvgIpc) is 3.92. The molecule has 5 heterocycles. The smallest absolute Gasteiger partial charge is 0.307 e. The van der Waals surface area contributed by atoms with Crippen LogP contribution < -0.4 is 10.6 Å². The number of H-pyrrole nitrogens is 2. The summed E-state index contributed by atoms with van der Waals surface area (Å²) in [6.45, 7) is 1.96. The Labute approximate surface area is 311 Å². The van der Waals surface area contributed by atoms with Crippen molar-refractivity contribution in [1.82, 2.24) is 9.97 Å². The summed E-state index contributed by atoms with van der Waals surface area (Å²) in [6, 6.07) is 13.9. The fourth-order valence-corrected chi connectivity index (χ4v) is 10.2. The van der Waals surface area contributed by atoms with Gasteiger partial charge in [0.2, 0.25) is 0 Å². The second-order valence-corrected chi connectivity index (χ2v) is 17.2. The van der Waals surface area contributed by atoms with Gasteiger partial charge in [-0.1, -0.05) is 44.7 Å². The molecule has 1 saturated heterocycles. The number of thioether (sulfide) groups is 2. The van der Waals surface area contributed by atoms with Gasteiger partial charge in [0.05, 0.1) is 58.9 Å². The molecule has 2 aromatic heterocycles. The predicted molar refractivity (Wildman–Crippen MR) is 211 cm³/mol. The Balaban J connectivity index is 0.845. The number of hydrogen-bond acceptors (Lipinski definition) is 9. The minimum absolute atomic E-state index is 0.0822. The summed E-state index contributed by atoms with van der Waals surface area (Å²) in [6.07, 6.45) is 8.03. The van der Waals surface area contributed by atoms with Gasteiger partial charge in [-0.3, -0.25) is 14.8 Å². The molecule has 3 aliphatic heterocycles. The maximum Gasteiger partial charge on any atom is 0.307 e. The van der Waals surface area contributed by atoms with Crippen molar-refractivity contribution in [3.05, 3.63) is 56.7 Å². The van der Waals surface area contributed by atoms with E-state index in [1.165, 1.54) is 25.7 Å². The molecule has 0 spiro atoms.